The molecule has 0 aliphatic carbocycles. The number of carbonyl (C=O) groups is 3. The highest BCUT2D eigenvalue weighted by Crippen LogP contribution is 2.26. The maximum atomic E-state index is 12.9. The molecule has 0 radical (unpaired) electrons. The van der Waals surface area contributed by atoms with Gasteiger partial charge in [0.1, 0.15) is 17.5 Å². The largest absolute Gasteiger partial charge is 0.497 e. The number of fused-ring (bicyclic) bond motifs is 1. The van der Waals surface area contributed by atoms with Crippen LogP contribution >= 0.6 is 0 Å². The monoisotopic (exact) mass is 489 g/mol. The van der Waals surface area contributed by atoms with Gasteiger partial charge in [-0.2, -0.15) is 0 Å². The fourth-order valence-electron chi connectivity index (χ4n) is 3.53. The molecule has 12 nitrogen and oxygen atoms in total. The van der Waals surface area contributed by atoms with Gasteiger partial charge in [-0.15, -0.1) is 5.10 Å². The Morgan fingerprint density at radius 3 is 2.89 bits per heavy atom. The molecular weight excluding hydrogens is 466 g/mol. The van der Waals surface area contributed by atoms with E-state index < -0.39 is 12.1 Å². The Morgan fingerprint density at radius 2 is 2.17 bits per heavy atom. The lowest BCUT2D eigenvalue weighted by Crippen LogP contribution is -2.46. The molecule has 12 heteroatoms. The molecule has 0 bridgehead atoms. The van der Waals surface area contributed by atoms with Crippen molar-refractivity contribution in [2.24, 2.45) is 0 Å². The van der Waals surface area contributed by atoms with Crippen LogP contribution < -0.4 is 20.7 Å². The summed E-state index contributed by atoms with van der Waals surface area (Å²) < 4.78 is 10.7. The third-order valence-electron chi connectivity index (χ3n) is 5.22. The van der Waals surface area contributed by atoms with Crippen LogP contribution in [0, 0.1) is 11.8 Å². The number of benzene rings is 1. The smallest absolute Gasteiger partial charge is 0.322 e. The minimum absolute atomic E-state index is 0.107. The molecule has 4 amide bonds. The zero-order chi connectivity index (χ0) is 25.5. The normalized spacial score (nSPS) is 12.7. The Labute approximate surface area is 206 Å². The van der Waals surface area contributed by atoms with Crippen molar-refractivity contribution < 1.29 is 23.5 Å². The van der Waals surface area contributed by atoms with Gasteiger partial charge in [0.05, 0.1) is 13.7 Å². The number of amides is 4. The van der Waals surface area contributed by atoms with Crippen LogP contribution in [0.4, 0.5) is 10.8 Å². The number of anilines is 1. The SMILES string of the molecule is CCNc1nnc(-c2ccc(C#CC(CN3Cc4ccc(OC)cc4C3=O)NC(=O)NC=O)cn2)o1. The van der Waals surface area contributed by atoms with E-state index in [-0.39, 0.29) is 24.8 Å². The fourth-order valence-corrected chi connectivity index (χ4v) is 3.53. The molecule has 4 rings (SSSR count). The number of urea groups is 1. The number of methoxy groups -OCH3 is 1. The quantitative estimate of drug-likeness (QED) is 0.315. The number of hydrogen-bond acceptors (Lipinski definition) is 9. The molecule has 0 saturated heterocycles. The van der Waals surface area contributed by atoms with Crippen LogP contribution in [0.15, 0.2) is 40.9 Å². The van der Waals surface area contributed by atoms with E-state index >= 15 is 0 Å². The average molecular weight is 489 g/mol. The topological polar surface area (TPSA) is 152 Å². The van der Waals surface area contributed by atoms with Gasteiger partial charge in [0.2, 0.25) is 6.41 Å². The number of carbonyl (C=O) groups excluding carboxylic acids is 3. The van der Waals surface area contributed by atoms with E-state index in [4.69, 9.17) is 9.15 Å². The first-order valence-electron chi connectivity index (χ1n) is 11.0. The molecule has 36 heavy (non-hydrogen) atoms. The van der Waals surface area contributed by atoms with Crippen molar-refractivity contribution in [2.75, 3.05) is 25.5 Å². The number of hydrogen-bond donors (Lipinski definition) is 3. The van der Waals surface area contributed by atoms with E-state index in [1.807, 2.05) is 18.3 Å². The molecule has 0 spiro atoms. The first-order valence-corrected chi connectivity index (χ1v) is 11.0. The predicted octanol–water partition coefficient (Wildman–Crippen LogP) is 1.40. The second-order valence-electron chi connectivity index (χ2n) is 7.64. The molecule has 3 aromatic rings. The predicted molar refractivity (Wildman–Crippen MR) is 128 cm³/mol. The molecule has 2 aromatic heterocycles. The summed E-state index contributed by atoms with van der Waals surface area (Å²) in [6.45, 7) is 3.03. The summed E-state index contributed by atoms with van der Waals surface area (Å²) in [7, 11) is 1.53. The first-order chi connectivity index (χ1) is 17.5. The number of nitrogens with one attached hydrogen (secondary N) is 3. The van der Waals surface area contributed by atoms with E-state index in [0.29, 0.717) is 41.7 Å². The Bertz CT molecular complexity index is 1330. The van der Waals surface area contributed by atoms with Gasteiger partial charge in [-0.25, -0.2) is 9.78 Å². The highest BCUT2D eigenvalue weighted by molar-refractivity contribution is 5.98. The minimum Gasteiger partial charge on any atom is -0.497 e. The summed E-state index contributed by atoms with van der Waals surface area (Å²) in [5.41, 5.74) is 2.43. The molecule has 1 aromatic carbocycles. The number of pyridine rings is 1. The molecule has 0 saturated carbocycles. The third-order valence-corrected chi connectivity index (χ3v) is 5.22. The highest BCUT2D eigenvalue weighted by Gasteiger charge is 2.29. The van der Waals surface area contributed by atoms with Gasteiger partial charge in [0, 0.05) is 30.4 Å². The summed E-state index contributed by atoms with van der Waals surface area (Å²) in [5, 5.41) is 15.4. The van der Waals surface area contributed by atoms with Crippen LogP contribution in [0.3, 0.4) is 0 Å². The van der Waals surface area contributed by atoms with Crippen molar-refractivity contribution in [3.63, 3.8) is 0 Å². The average Bonchev–Trinajstić information content (AvgIpc) is 3.47. The Balaban J connectivity index is 1.49. The fraction of sp³-hybridized carbons (Fsp3) is 0.250. The summed E-state index contributed by atoms with van der Waals surface area (Å²) >= 11 is 0. The maximum Gasteiger partial charge on any atom is 0.322 e. The van der Waals surface area contributed by atoms with Crippen LogP contribution in [0.5, 0.6) is 5.75 Å². The van der Waals surface area contributed by atoms with Crippen molar-refractivity contribution in [1.82, 2.24) is 30.7 Å². The molecular formula is C24H23N7O5. The second-order valence-corrected chi connectivity index (χ2v) is 7.64. The Hall–Kier alpha value is -4.92. The minimum atomic E-state index is -0.761. The van der Waals surface area contributed by atoms with Crippen molar-refractivity contribution in [3.05, 3.63) is 53.2 Å². The molecule has 1 aliphatic rings. The van der Waals surface area contributed by atoms with Crippen molar-refractivity contribution in [1.29, 1.82) is 0 Å². The first kappa shape index (κ1) is 24.2. The Morgan fingerprint density at radius 1 is 1.31 bits per heavy atom. The molecule has 184 valence electrons. The molecule has 3 N–H and O–H groups in total. The standard InChI is InChI=1S/C24H23N7O5/c1-3-25-24-30-29-21(36-24)20-9-5-15(11-26-20)4-7-17(28-23(34)27-14-32)13-31-12-16-6-8-18(35-2)10-19(16)22(31)33/h5-6,8-11,14,17H,3,12-13H2,1-2H3,(H,25,30)(H2,27,28,32,34). The van der Waals surface area contributed by atoms with Gasteiger partial charge in [-0.3, -0.25) is 14.9 Å². The van der Waals surface area contributed by atoms with Gasteiger partial charge in [0.15, 0.2) is 0 Å². The van der Waals surface area contributed by atoms with Crippen molar-refractivity contribution in [2.45, 2.75) is 19.5 Å². The number of imide groups is 1. The lowest BCUT2D eigenvalue weighted by atomic mass is 10.1. The van der Waals surface area contributed by atoms with E-state index in [0.717, 1.165) is 5.56 Å². The van der Waals surface area contributed by atoms with Gasteiger partial charge in [0.25, 0.3) is 11.8 Å². The maximum absolute atomic E-state index is 12.9. The van der Waals surface area contributed by atoms with Gasteiger partial charge in [-0.05, 0) is 36.8 Å². The summed E-state index contributed by atoms with van der Waals surface area (Å²) in [4.78, 5) is 41.4. The van der Waals surface area contributed by atoms with Crippen LogP contribution in [0.25, 0.3) is 11.6 Å². The number of nitrogens with zero attached hydrogens (tertiary/aromatic N) is 4. The molecule has 1 aliphatic heterocycles. The van der Waals surface area contributed by atoms with E-state index in [1.165, 1.54) is 13.3 Å². The van der Waals surface area contributed by atoms with Gasteiger partial charge >= 0.3 is 12.0 Å². The Kier molecular flexibility index (Phi) is 7.40. The summed E-state index contributed by atoms with van der Waals surface area (Å²) in [6, 6.07) is 7.52. The van der Waals surface area contributed by atoms with Crippen LogP contribution in [-0.4, -0.2) is 64.7 Å². The zero-order valence-electron chi connectivity index (χ0n) is 19.6. The van der Waals surface area contributed by atoms with E-state index in [1.54, 1.807) is 29.2 Å². The van der Waals surface area contributed by atoms with Crippen molar-refractivity contribution in [3.8, 4) is 29.2 Å². The lowest BCUT2D eigenvalue weighted by Gasteiger charge is -2.21. The molecule has 3 heterocycles. The van der Waals surface area contributed by atoms with Gasteiger partial charge < -0.3 is 24.7 Å². The summed E-state index contributed by atoms with van der Waals surface area (Å²) in [5.74, 6) is 6.54. The molecule has 1 atom stereocenters. The van der Waals surface area contributed by atoms with Crippen molar-refractivity contribution >= 4 is 24.4 Å². The third kappa shape index (κ3) is 5.58. The van der Waals surface area contributed by atoms with E-state index in [9.17, 15) is 14.4 Å². The molecule has 0 fully saturated rings. The second kappa shape index (κ2) is 11.0. The highest BCUT2D eigenvalue weighted by atomic mass is 16.5. The van der Waals surface area contributed by atoms with Crippen LogP contribution in [0.2, 0.25) is 0 Å². The number of ether oxygens (including phenoxy) is 1. The lowest BCUT2D eigenvalue weighted by molar-refractivity contribution is -0.108. The molecule has 1 unspecified atom stereocenters. The zero-order valence-corrected chi connectivity index (χ0v) is 19.6. The van der Waals surface area contributed by atoms with E-state index in [2.05, 4.69) is 37.7 Å². The van der Waals surface area contributed by atoms with Crippen LogP contribution in [0.1, 0.15) is 28.4 Å². The van der Waals surface area contributed by atoms with Crippen LogP contribution in [-0.2, 0) is 11.3 Å². The summed E-state index contributed by atoms with van der Waals surface area (Å²) in [6.07, 6.45) is 1.80. The number of rotatable bonds is 8. The number of aromatic nitrogens is 3. The van der Waals surface area contributed by atoms with Gasteiger partial charge in [-0.1, -0.05) is 23.0 Å².